The van der Waals surface area contributed by atoms with E-state index in [4.69, 9.17) is 21.3 Å². The topological polar surface area (TPSA) is 107 Å². The largest absolute Gasteiger partial charge is 0.361 e. The molecule has 0 spiro atoms. The lowest BCUT2D eigenvalue weighted by atomic mass is 10.1. The zero-order valence-electron chi connectivity index (χ0n) is 22.3. The summed E-state index contributed by atoms with van der Waals surface area (Å²) in [6.45, 7) is 11.6. The van der Waals surface area contributed by atoms with E-state index in [9.17, 15) is 8.42 Å². The molecule has 0 amide bonds. The molecule has 1 aromatic carbocycles. The molecular weight excluding hydrogens is 514 g/mol. The summed E-state index contributed by atoms with van der Waals surface area (Å²) in [7, 11) is -1.91. The number of nitrogens with one attached hydrogen (secondary N) is 1. The summed E-state index contributed by atoms with van der Waals surface area (Å²) >= 11 is 0. The number of nitrogens with zero attached hydrogens (tertiary/aromatic N) is 6. The molecule has 0 saturated carbocycles. The zero-order chi connectivity index (χ0) is 27.6. The van der Waals surface area contributed by atoms with Gasteiger partial charge < -0.3 is 14.9 Å². The van der Waals surface area contributed by atoms with Gasteiger partial charge in [-0.3, -0.25) is 8.87 Å². The number of imidazole rings is 1. The molecule has 1 aliphatic heterocycles. The lowest BCUT2D eigenvalue weighted by molar-refractivity contribution is -0.0309. The Labute approximate surface area is 228 Å². The van der Waals surface area contributed by atoms with Gasteiger partial charge in [0.25, 0.3) is 5.82 Å². The molecule has 5 rings (SSSR count). The molecule has 1 atom stereocenters. The van der Waals surface area contributed by atoms with Crippen LogP contribution in [-0.2, 0) is 21.2 Å². The van der Waals surface area contributed by atoms with Crippen LogP contribution in [0.25, 0.3) is 16.0 Å². The number of pyridine rings is 2. The Morgan fingerprint density at radius 2 is 1.92 bits per heavy atom. The Hall–Kier alpha value is -4.01. The van der Waals surface area contributed by atoms with Crippen LogP contribution in [0, 0.1) is 13.5 Å². The van der Waals surface area contributed by atoms with Crippen LogP contribution in [0.15, 0.2) is 48.5 Å². The number of hydrogen-bond acceptors (Lipinski definition) is 7. The molecule has 0 aliphatic carbocycles. The second-order valence-corrected chi connectivity index (χ2v) is 11.8. The van der Waals surface area contributed by atoms with E-state index in [1.54, 1.807) is 26.1 Å². The molecule has 1 fully saturated rings. The number of ether oxygens (including phenoxy) is 1. The number of aromatic nitrogens is 4. The standard InChI is InChI=1S/C28H31N7O3S/c1-5-39(36,37)34(4)24-13-7-6-12-22(24)33-23-18-21(17-20-11-10-14-25(29-3)31-20)32-28-27(23)30-19(2)35(28)26-15-8-9-16-38-26/h6-7,10-14,18,26H,5,8-9,15-17H2,1-2,4H3,(H,32,33). The van der Waals surface area contributed by atoms with Gasteiger partial charge in [0.1, 0.15) is 23.3 Å². The van der Waals surface area contributed by atoms with Gasteiger partial charge in [-0.25, -0.2) is 18.4 Å². The second kappa shape index (κ2) is 11.0. The average molecular weight is 546 g/mol. The van der Waals surface area contributed by atoms with Gasteiger partial charge in [-0.2, -0.15) is 0 Å². The summed E-state index contributed by atoms with van der Waals surface area (Å²) in [5, 5.41) is 3.45. The molecule has 1 saturated heterocycles. The minimum Gasteiger partial charge on any atom is -0.361 e. The number of fused-ring (bicyclic) bond motifs is 1. The summed E-state index contributed by atoms with van der Waals surface area (Å²) in [6.07, 6.45) is 3.22. The van der Waals surface area contributed by atoms with Crippen LogP contribution in [-0.4, -0.2) is 47.3 Å². The van der Waals surface area contributed by atoms with Crippen LogP contribution >= 0.6 is 0 Å². The Morgan fingerprint density at radius 3 is 2.67 bits per heavy atom. The maximum absolute atomic E-state index is 12.7. The van der Waals surface area contributed by atoms with E-state index in [2.05, 4.69) is 15.1 Å². The summed E-state index contributed by atoms with van der Waals surface area (Å²) in [5.41, 5.74) is 4.69. The molecule has 1 unspecified atom stereocenters. The normalized spacial score (nSPS) is 15.7. The van der Waals surface area contributed by atoms with Gasteiger partial charge in [0, 0.05) is 13.7 Å². The number of anilines is 3. The van der Waals surface area contributed by atoms with E-state index in [-0.39, 0.29) is 12.0 Å². The van der Waals surface area contributed by atoms with Crippen molar-refractivity contribution in [3.63, 3.8) is 0 Å². The smallest absolute Gasteiger partial charge is 0.269 e. The van der Waals surface area contributed by atoms with Gasteiger partial charge in [-0.1, -0.05) is 24.8 Å². The third kappa shape index (κ3) is 5.44. The first-order valence-corrected chi connectivity index (χ1v) is 14.6. The van der Waals surface area contributed by atoms with Gasteiger partial charge in [0.2, 0.25) is 10.0 Å². The second-order valence-electron chi connectivity index (χ2n) is 9.47. The highest BCUT2D eigenvalue weighted by Crippen LogP contribution is 2.35. The fourth-order valence-electron chi connectivity index (χ4n) is 4.84. The fourth-order valence-corrected chi connectivity index (χ4v) is 5.68. The lowest BCUT2D eigenvalue weighted by Crippen LogP contribution is -2.28. The van der Waals surface area contributed by atoms with Gasteiger partial charge >= 0.3 is 0 Å². The van der Waals surface area contributed by atoms with Crippen molar-refractivity contribution in [3.05, 3.63) is 77.2 Å². The molecule has 3 aromatic heterocycles. The highest BCUT2D eigenvalue weighted by atomic mass is 32.2. The number of sulfonamides is 1. The van der Waals surface area contributed by atoms with Crippen molar-refractivity contribution < 1.29 is 13.2 Å². The molecule has 0 radical (unpaired) electrons. The lowest BCUT2D eigenvalue weighted by Gasteiger charge is -2.25. The predicted molar refractivity (Wildman–Crippen MR) is 152 cm³/mol. The minimum absolute atomic E-state index is 0.0108. The van der Waals surface area contributed by atoms with Crippen LogP contribution in [0.1, 0.15) is 49.6 Å². The van der Waals surface area contributed by atoms with E-state index < -0.39 is 10.0 Å². The molecule has 1 aliphatic rings. The molecule has 11 heteroatoms. The monoisotopic (exact) mass is 545 g/mol. The van der Waals surface area contributed by atoms with Crippen molar-refractivity contribution in [2.45, 2.75) is 45.8 Å². The molecular formula is C28H31N7O3S. The number of para-hydroxylation sites is 2. The predicted octanol–water partition coefficient (Wildman–Crippen LogP) is 5.50. The van der Waals surface area contributed by atoms with Gasteiger partial charge in [-0.05, 0) is 63.4 Å². The summed E-state index contributed by atoms with van der Waals surface area (Å²) < 4.78 is 34.8. The van der Waals surface area contributed by atoms with Crippen molar-refractivity contribution in [2.24, 2.45) is 0 Å². The summed E-state index contributed by atoms with van der Waals surface area (Å²) in [6, 6.07) is 14.6. The van der Waals surface area contributed by atoms with Crippen molar-refractivity contribution in [2.75, 3.05) is 29.0 Å². The number of benzene rings is 1. The van der Waals surface area contributed by atoms with E-state index in [0.717, 1.165) is 36.5 Å². The summed E-state index contributed by atoms with van der Waals surface area (Å²) in [5.74, 6) is 1.11. The molecule has 39 heavy (non-hydrogen) atoms. The first-order chi connectivity index (χ1) is 18.8. The highest BCUT2D eigenvalue weighted by Gasteiger charge is 2.25. The maximum atomic E-state index is 12.7. The van der Waals surface area contributed by atoms with E-state index in [1.165, 1.54) is 4.31 Å². The minimum atomic E-state index is -3.47. The van der Waals surface area contributed by atoms with E-state index >= 15 is 0 Å². The van der Waals surface area contributed by atoms with Gasteiger partial charge in [-0.15, -0.1) is 4.98 Å². The van der Waals surface area contributed by atoms with Crippen LogP contribution in [0.3, 0.4) is 0 Å². The molecule has 4 aromatic rings. The summed E-state index contributed by atoms with van der Waals surface area (Å²) in [4.78, 5) is 17.7. The molecule has 1 N–H and O–H groups in total. The highest BCUT2D eigenvalue weighted by molar-refractivity contribution is 7.92. The number of aryl methyl sites for hydroxylation is 1. The van der Waals surface area contributed by atoms with Crippen LogP contribution < -0.4 is 9.62 Å². The quantitative estimate of drug-likeness (QED) is 0.291. The average Bonchev–Trinajstić information content (AvgIpc) is 3.29. The third-order valence-electron chi connectivity index (χ3n) is 6.88. The Kier molecular flexibility index (Phi) is 7.50. The van der Waals surface area contributed by atoms with Crippen molar-refractivity contribution in [1.82, 2.24) is 19.5 Å². The van der Waals surface area contributed by atoms with Crippen molar-refractivity contribution >= 4 is 44.1 Å². The van der Waals surface area contributed by atoms with Crippen LogP contribution in [0.2, 0.25) is 0 Å². The van der Waals surface area contributed by atoms with Crippen LogP contribution in [0.5, 0.6) is 0 Å². The first kappa shape index (κ1) is 26.6. The maximum Gasteiger partial charge on any atom is 0.269 e. The Bertz CT molecular complexity index is 1650. The first-order valence-electron chi connectivity index (χ1n) is 13.0. The SMILES string of the molecule is [C-]#[N+]c1cccc(Cc2cc(Nc3ccccc3N(C)S(=O)(=O)CC)c3nc(C)n(C4CCCCO4)c3n2)n1. The molecule has 4 heterocycles. The number of rotatable bonds is 8. The molecule has 202 valence electrons. The van der Waals surface area contributed by atoms with Crippen molar-refractivity contribution in [1.29, 1.82) is 0 Å². The Balaban J connectivity index is 1.64. The number of hydrogen-bond donors (Lipinski definition) is 1. The van der Waals surface area contributed by atoms with Crippen LogP contribution in [0.4, 0.5) is 22.9 Å². The van der Waals surface area contributed by atoms with E-state index in [0.29, 0.717) is 47.1 Å². The van der Waals surface area contributed by atoms with Crippen molar-refractivity contribution in [3.8, 4) is 0 Å². The fraction of sp³-hybridized carbons (Fsp3) is 0.357. The zero-order valence-corrected chi connectivity index (χ0v) is 23.1. The van der Waals surface area contributed by atoms with Gasteiger partial charge in [0.05, 0.1) is 34.9 Å². The van der Waals surface area contributed by atoms with Gasteiger partial charge in [0.15, 0.2) is 5.65 Å². The molecule has 0 bridgehead atoms. The Morgan fingerprint density at radius 1 is 1.10 bits per heavy atom. The van der Waals surface area contributed by atoms with E-state index in [1.807, 2.05) is 47.9 Å². The molecule has 10 nitrogen and oxygen atoms in total. The third-order valence-corrected chi connectivity index (χ3v) is 8.65.